The summed E-state index contributed by atoms with van der Waals surface area (Å²) in [5, 5.41) is 5.68. The third kappa shape index (κ3) is 5.13. The zero-order valence-corrected chi connectivity index (χ0v) is 14.6. The molecule has 0 aromatic heterocycles. The number of hydrogen-bond donors (Lipinski definition) is 3. The minimum absolute atomic E-state index is 0.0159. The molecule has 0 saturated carbocycles. The Hall–Kier alpha value is -2.28. The second-order valence-electron chi connectivity index (χ2n) is 6.19. The Bertz CT molecular complexity index is 559. The van der Waals surface area contributed by atoms with Gasteiger partial charge in [0.25, 0.3) is 0 Å². The lowest BCUT2D eigenvalue weighted by atomic mass is 10.2. The number of urea groups is 1. The Labute approximate surface area is 142 Å². The lowest BCUT2D eigenvalue weighted by molar-refractivity contribution is -0.856. The molecule has 3 amide bonds. The van der Waals surface area contributed by atoms with Gasteiger partial charge in [-0.2, -0.15) is 0 Å². The monoisotopic (exact) mass is 335 g/mol. The second kappa shape index (κ2) is 8.54. The lowest BCUT2D eigenvalue weighted by Gasteiger charge is -2.18. The number of anilines is 1. The number of quaternary nitrogens is 1. The van der Waals surface area contributed by atoms with E-state index in [-0.39, 0.29) is 18.0 Å². The largest absolute Gasteiger partial charge is 0.494 e. The first kappa shape index (κ1) is 18.1. The summed E-state index contributed by atoms with van der Waals surface area (Å²) in [4.78, 5) is 27.0. The number of likely N-dealkylation sites (N-methyl/N-ethyl adjacent to an activating group) is 1. The maximum Gasteiger partial charge on any atom is 0.315 e. The number of benzene rings is 1. The minimum Gasteiger partial charge on any atom is -0.494 e. The zero-order chi connectivity index (χ0) is 17.5. The van der Waals surface area contributed by atoms with Crippen molar-refractivity contribution >= 4 is 17.6 Å². The van der Waals surface area contributed by atoms with E-state index in [0.29, 0.717) is 26.1 Å². The maximum atomic E-state index is 12.2. The minimum atomic E-state index is -0.220. The quantitative estimate of drug-likeness (QED) is 0.637. The van der Waals surface area contributed by atoms with E-state index in [9.17, 15) is 9.59 Å². The number of amides is 3. The van der Waals surface area contributed by atoms with Crippen LogP contribution in [-0.4, -0.2) is 58.3 Å². The summed E-state index contributed by atoms with van der Waals surface area (Å²) >= 11 is 0. The number of hydrogen-bond acceptors (Lipinski definition) is 3. The van der Waals surface area contributed by atoms with Gasteiger partial charge < -0.3 is 25.2 Å². The van der Waals surface area contributed by atoms with Gasteiger partial charge in [-0.1, -0.05) is 0 Å². The zero-order valence-electron chi connectivity index (χ0n) is 14.6. The Morgan fingerprint density at radius 2 is 2.04 bits per heavy atom. The van der Waals surface area contributed by atoms with E-state index in [1.54, 1.807) is 4.90 Å². The molecule has 3 N–H and O–H groups in total. The average Bonchev–Trinajstić information content (AvgIpc) is 2.88. The maximum absolute atomic E-state index is 12.2. The Morgan fingerprint density at radius 1 is 1.33 bits per heavy atom. The molecule has 1 heterocycles. The molecule has 1 aliphatic rings. The van der Waals surface area contributed by atoms with E-state index in [4.69, 9.17) is 4.74 Å². The second-order valence-corrected chi connectivity index (χ2v) is 6.19. The number of rotatable bonds is 7. The van der Waals surface area contributed by atoms with Gasteiger partial charge in [0.2, 0.25) is 5.91 Å². The molecule has 1 aromatic carbocycles. The topological polar surface area (TPSA) is 75.1 Å². The highest BCUT2D eigenvalue weighted by Gasteiger charge is 2.31. The van der Waals surface area contributed by atoms with Crippen molar-refractivity contribution in [3.63, 3.8) is 0 Å². The van der Waals surface area contributed by atoms with Gasteiger partial charge in [-0.3, -0.25) is 4.79 Å². The summed E-state index contributed by atoms with van der Waals surface area (Å²) < 4.78 is 5.41. The summed E-state index contributed by atoms with van der Waals surface area (Å²) in [6.45, 7) is 4.49. The van der Waals surface area contributed by atoms with Crippen LogP contribution < -0.4 is 25.2 Å². The Balaban J connectivity index is 1.85. The summed E-state index contributed by atoms with van der Waals surface area (Å²) in [6.07, 6.45) is 0.319. The fourth-order valence-corrected chi connectivity index (χ4v) is 2.61. The number of nitrogens with one attached hydrogen (secondary N) is 3. The number of ether oxygens (including phenoxy) is 1. The fraction of sp³-hybridized carbons (Fsp3) is 0.529. The Morgan fingerprint density at radius 3 is 2.67 bits per heavy atom. The molecule has 2 rings (SSSR count). The third-order valence-corrected chi connectivity index (χ3v) is 3.83. The highest BCUT2D eigenvalue weighted by molar-refractivity contribution is 5.96. The summed E-state index contributed by atoms with van der Waals surface area (Å²) in [5.41, 5.74) is 0.823. The number of nitrogens with zero attached hydrogens (tertiary/aromatic N) is 1. The van der Waals surface area contributed by atoms with Crippen LogP contribution in [0.1, 0.15) is 13.3 Å². The molecule has 7 heteroatoms. The number of carbonyl (C=O) groups excluding carboxylic acids is 2. The SMILES string of the molecule is CCOc1ccc(N2C[C@H](NC(=O)NCC[NH+](C)C)CC2=O)cc1. The van der Waals surface area contributed by atoms with E-state index in [1.807, 2.05) is 45.3 Å². The van der Waals surface area contributed by atoms with Gasteiger partial charge in [-0.15, -0.1) is 0 Å². The molecule has 1 atom stereocenters. The van der Waals surface area contributed by atoms with E-state index in [2.05, 4.69) is 10.6 Å². The lowest BCUT2D eigenvalue weighted by Crippen LogP contribution is -3.06. The van der Waals surface area contributed by atoms with Gasteiger partial charge in [0.1, 0.15) is 5.75 Å². The molecule has 1 aromatic rings. The third-order valence-electron chi connectivity index (χ3n) is 3.83. The molecule has 1 saturated heterocycles. The van der Waals surface area contributed by atoms with Crippen molar-refractivity contribution in [3.05, 3.63) is 24.3 Å². The van der Waals surface area contributed by atoms with Gasteiger partial charge in [0.15, 0.2) is 0 Å². The first-order chi connectivity index (χ1) is 11.5. The first-order valence-corrected chi connectivity index (χ1v) is 8.36. The molecule has 132 valence electrons. The van der Waals surface area contributed by atoms with Crippen LogP contribution in [0.25, 0.3) is 0 Å². The average molecular weight is 335 g/mol. The van der Waals surface area contributed by atoms with Crippen LogP contribution in [0.15, 0.2) is 24.3 Å². The van der Waals surface area contributed by atoms with Crippen LogP contribution in [0.5, 0.6) is 5.75 Å². The van der Waals surface area contributed by atoms with E-state index in [0.717, 1.165) is 18.0 Å². The molecule has 1 aliphatic heterocycles. The van der Waals surface area contributed by atoms with Gasteiger partial charge in [0.05, 0.1) is 39.8 Å². The molecule has 24 heavy (non-hydrogen) atoms. The van der Waals surface area contributed by atoms with Crippen molar-refractivity contribution in [2.24, 2.45) is 0 Å². The van der Waals surface area contributed by atoms with Crippen molar-refractivity contribution in [1.29, 1.82) is 0 Å². The molecule has 1 fully saturated rings. The highest BCUT2D eigenvalue weighted by atomic mass is 16.5. The first-order valence-electron chi connectivity index (χ1n) is 8.36. The van der Waals surface area contributed by atoms with Crippen LogP contribution in [0, 0.1) is 0 Å². The molecular formula is C17H27N4O3+. The van der Waals surface area contributed by atoms with E-state index >= 15 is 0 Å². The van der Waals surface area contributed by atoms with Crippen molar-refractivity contribution in [3.8, 4) is 5.75 Å². The van der Waals surface area contributed by atoms with Gasteiger partial charge in [-0.25, -0.2) is 4.79 Å². The van der Waals surface area contributed by atoms with Crippen molar-refractivity contribution in [2.75, 3.05) is 45.2 Å². The fourth-order valence-electron chi connectivity index (χ4n) is 2.61. The highest BCUT2D eigenvalue weighted by Crippen LogP contribution is 2.24. The van der Waals surface area contributed by atoms with Gasteiger partial charge in [0, 0.05) is 18.7 Å². The molecule has 0 aliphatic carbocycles. The Kier molecular flexibility index (Phi) is 6.43. The molecule has 0 spiro atoms. The molecule has 0 bridgehead atoms. The van der Waals surface area contributed by atoms with E-state index < -0.39 is 0 Å². The predicted octanol–water partition coefficient (Wildman–Crippen LogP) is -0.366. The summed E-state index contributed by atoms with van der Waals surface area (Å²) in [5.74, 6) is 0.798. The van der Waals surface area contributed by atoms with E-state index in [1.165, 1.54) is 4.90 Å². The normalized spacial score (nSPS) is 17.2. The molecular weight excluding hydrogens is 308 g/mol. The number of carbonyl (C=O) groups is 2. The smallest absolute Gasteiger partial charge is 0.315 e. The van der Waals surface area contributed by atoms with Crippen molar-refractivity contribution in [2.45, 2.75) is 19.4 Å². The van der Waals surface area contributed by atoms with Crippen LogP contribution in [-0.2, 0) is 4.79 Å². The standard InChI is InChI=1S/C17H26N4O3/c1-4-24-15-7-5-14(6-8-15)21-12-13(11-16(21)22)19-17(23)18-9-10-20(2)3/h5-8,13H,4,9-12H2,1-3H3,(H2,18,19,23)/p+1/t13-/m1/s1. The van der Waals surface area contributed by atoms with Crippen LogP contribution in [0.3, 0.4) is 0 Å². The molecule has 0 radical (unpaired) electrons. The molecule has 7 nitrogen and oxygen atoms in total. The van der Waals surface area contributed by atoms with Crippen LogP contribution in [0.2, 0.25) is 0 Å². The molecule has 0 unspecified atom stereocenters. The summed E-state index contributed by atoms with van der Waals surface area (Å²) in [6, 6.07) is 7.04. The van der Waals surface area contributed by atoms with Crippen molar-refractivity contribution in [1.82, 2.24) is 10.6 Å². The van der Waals surface area contributed by atoms with Crippen LogP contribution in [0.4, 0.5) is 10.5 Å². The van der Waals surface area contributed by atoms with Gasteiger partial charge >= 0.3 is 6.03 Å². The summed E-state index contributed by atoms with van der Waals surface area (Å²) in [7, 11) is 4.06. The van der Waals surface area contributed by atoms with Gasteiger partial charge in [-0.05, 0) is 31.2 Å². The predicted molar refractivity (Wildman–Crippen MR) is 92.6 cm³/mol. The van der Waals surface area contributed by atoms with Crippen LogP contribution >= 0.6 is 0 Å². The van der Waals surface area contributed by atoms with Crippen molar-refractivity contribution < 1.29 is 19.2 Å².